The molecule has 5 nitrogen and oxygen atoms in total. The van der Waals surface area contributed by atoms with Crippen LogP contribution in [0.1, 0.15) is 13.3 Å². The summed E-state index contributed by atoms with van der Waals surface area (Å²) in [7, 11) is 3.05. The van der Waals surface area contributed by atoms with E-state index in [1.807, 2.05) is 24.3 Å². The van der Waals surface area contributed by atoms with Crippen molar-refractivity contribution < 1.29 is 14.3 Å². The van der Waals surface area contributed by atoms with Crippen molar-refractivity contribution in [1.82, 2.24) is 0 Å². The minimum Gasteiger partial charge on any atom is -0.371 e. The summed E-state index contributed by atoms with van der Waals surface area (Å²) in [5.41, 5.74) is 5.32. The lowest BCUT2D eigenvalue weighted by atomic mass is 9.96. The van der Waals surface area contributed by atoms with E-state index in [2.05, 4.69) is 21.2 Å². The highest BCUT2D eigenvalue weighted by Gasteiger charge is 2.34. The van der Waals surface area contributed by atoms with Crippen molar-refractivity contribution in [2.45, 2.75) is 25.2 Å². The molecule has 1 rings (SSSR count). The summed E-state index contributed by atoms with van der Waals surface area (Å²) >= 11 is 3.38. The Morgan fingerprint density at radius 1 is 1.47 bits per heavy atom. The van der Waals surface area contributed by atoms with Crippen molar-refractivity contribution >= 4 is 27.5 Å². The monoisotopic (exact) mass is 330 g/mol. The first-order valence-electron chi connectivity index (χ1n) is 5.80. The molecule has 19 heavy (non-hydrogen) atoms. The molecule has 6 heteroatoms. The number of nitrogens with two attached hydrogens (primary N) is 1. The highest BCUT2D eigenvalue weighted by atomic mass is 79.9. The zero-order valence-corrected chi connectivity index (χ0v) is 12.9. The number of rotatable bonds is 7. The van der Waals surface area contributed by atoms with Gasteiger partial charge in [0.15, 0.2) is 6.29 Å². The van der Waals surface area contributed by atoms with Crippen LogP contribution in [-0.4, -0.2) is 32.0 Å². The molecule has 0 aromatic heterocycles. The van der Waals surface area contributed by atoms with Crippen LogP contribution in [0.25, 0.3) is 0 Å². The number of nitrogens with one attached hydrogen (secondary N) is 1. The number of methoxy groups -OCH3 is 2. The molecular formula is C13H19BrN2O3. The summed E-state index contributed by atoms with van der Waals surface area (Å²) in [5.74, 6) is -0.466. The van der Waals surface area contributed by atoms with E-state index in [0.29, 0.717) is 6.42 Å². The third-order valence-electron chi connectivity index (χ3n) is 2.89. The fourth-order valence-electron chi connectivity index (χ4n) is 1.69. The predicted molar refractivity (Wildman–Crippen MR) is 77.8 cm³/mol. The molecule has 0 spiro atoms. The molecule has 0 saturated carbocycles. The molecule has 0 aliphatic carbocycles. The molecule has 0 aliphatic rings. The molecule has 3 N–H and O–H groups in total. The number of carbonyl (C=O) groups is 1. The molecule has 0 aliphatic heterocycles. The van der Waals surface area contributed by atoms with Crippen LogP contribution >= 0.6 is 15.9 Å². The van der Waals surface area contributed by atoms with Crippen LogP contribution in [0.15, 0.2) is 28.7 Å². The van der Waals surface area contributed by atoms with Crippen LogP contribution in [-0.2, 0) is 14.3 Å². The van der Waals surface area contributed by atoms with Gasteiger partial charge in [-0.05, 0) is 25.1 Å². The van der Waals surface area contributed by atoms with Gasteiger partial charge in [0.2, 0.25) is 5.91 Å². The number of ether oxygens (including phenoxy) is 2. The standard InChI is InChI=1S/C13H19BrN2O3/c1-13(12(15)17,8-11(18-2)19-3)16-10-6-4-5-9(14)7-10/h4-7,11,16H,8H2,1-3H3,(H2,15,17). The molecule has 0 saturated heterocycles. The number of amides is 1. The fraction of sp³-hybridized carbons (Fsp3) is 0.462. The lowest BCUT2D eigenvalue weighted by molar-refractivity contribution is -0.134. The van der Waals surface area contributed by atoms with Gasteiger partial charge in [-0.15, -0.1) is 0 Å². The van der Waals surface area contributed by atoms with Crippen LogP contribution in [0.2, 0.25) is 0 Å². The Labute approximate surface area is 121 Å². The van der Waals surface area contributed by atoms with Gasteiger partial charge in [-0.25, -0.2) is 0 Å². The number of halogens is 1. The van der Waals surface area contributed by atoms with Gasteiger partial charge in [0.25, 0.3) is 0 Å². The van der Waals surface area contributed by atoms with Gasteiger partial charge in [0, 0.05) is 30.8 Å². The summed E-state index contributed by atoms with van der Waals surface area (Å²) in [5, 5.41) is 3.13. The molecule has 1 atom stereocenters. The van der Waals surface area contributed by atoms with Gasteiger partial charge in [0.1, 0.15) is 5.54 Å². The highest BCUT2D eigenvalue weighted by Crippen LogP contribution is 2.23. The van der Waals surface area contributed by atoms with Gasteiger partial charge in [-0.2, -0.15) is 0 Å². The Morgan fingerprint density at radius 3 is 2.58 bits per heavy atom. The number of primary amides is 1. The largest absolute Gasteiger partial charge is 0.371 e. The maximum absolute atomic E-state index is 11.7. The molecule has 0 radical (unpaired) electrons. The van der Waals surface area contributed by atoms with Crippen molar-refractivity contribution in [3.63, 3.8) is 0 Å². The van der Waals surface area contributed by atoms with Gasteiger partial charge in [-0.3, -0.25) is 4.79 Å². The molecule has 0 bridgehead atoms. The zero-order chi connectivity index (χ0) is 14.5. The van der Waals surface area contributed by atoms with E-state index in [1.165, 1.54) is 14.2 Å². The lowest BCUT2D eigenvalue weighted by Gasteiger charge is -2.31. The first-order chi connectivity index (χ1) is 8.91. The first-order valence-corrected chi connectivity index (χ1v) is 6.60. The second-order valence-corrected chi connectivity index (χ2v) is 5.35. The number of benzene rings is 1. The molecule has 0 heterocycles. The van der Waals surface area contributed by atoms with E-state index in [9.17, 15) is 4.79 Å². The average Bonchev–Trinajstić information content (AvgIpc) is 2.35. The Hall–Kier alpha value is -1.11. The van der Waals surface area contributed by atoms with Gasteiger partial charge < -0.3 is 20.5 Å². The van der Waals surface area contributed by atoms with Crippen molar-refractivity contribution in [2.24, 2.45) is 5.73 Å². The van der Waals surface area contributed by atoms with Crippen molar-refractivity contribution in [2.75, 3.05) is 19.5 Å². The Balaban J connectivity index is 2.90. The number of hydrogen-bond acceptors (Lipinski definition) is 4. The predicted octanol–water partition coefficient (Wildman–Crippen LogP) is 2.11. The third kappa shape index (κ3) is 4.49. The normalized spacial score (nSPS) is 14.2. The average molecular weight is 331 g/mol. The molecule has 1 aromatic carbocycles. The second-order valence-electron chi connectivity index (χ2n) is 4.44. The smallest absolute Gasteiger partial charge is 0.243 e. The minimum atomic E-state index is -0.961. The zero-order valence-electron chi connectivity index (χ0n) is 11.3. The van der Waals surface area contributed by atoms with Gasteiger partial charge >= 0.3 is 0 Å². The summed E-state index contributed by atoms with van der Waals surface area (Å²) < 4.78 is 11.2. The van der Waals surface area contributed by atoms with Crippen molar-refractivity contribution in [1.29, 1.82) is 0 Å². The van der Waals surface area contributed by atoms with Gasteiger partial charge in [0.05, 0.1) is 0 Å². The van der Waals surface area contributed by atoms with Gasteiger partial charge in [-0.1, -0.05) is 22.0 Å². The van der Waals surface area contributed by atoms with E-state index in [4.69, 9.17) is 15.2 Å². The lowest BCUT2D eigenvalue weighted by Crippen LogP contribution is -2.50. The number of carbonyl (C=O) groups excluding carboxylic acids is 1. The quantitative estimate of drug-likeness (QED) is 0.751. The Bertz CT molecular complexity index is 438. The van der Waals surface area contributed by atoms with Crippen LogP contribution in [0.4, 0.5) is 5.69 Å². The van der Waals surface area contributed by atoms with Crippen molar-refractivity contribution in [3.05, 3.63) is 28.7 Å². The third-order valence-corrected chi connectivity index (χ3v) is 3.38. The summed E-state index contributed by atoms with van der Waals surface area (Å²) in [6.45, 7) is 1.72. The van der Waals surface area contributed by atoms with E-state index in [-0.39, 0.29) is 0 Å². The first kappa shape index (κ1) is 15.9. The summed E-state index contributed by atoms with van der Waals surface area (Å²) in [6.07, 6.45) is -0.195. The molecule has 1 unspecified atom stereocenters. The van der Waals surface area contributed by atoms with Crippen LogP contribution in [0.5, 0.6) is 0 Å². The molecule has 1 amide bonds. The second kappa shape index (κ2) is 6.88. The topological polar surface area (TPSA) is 73.6 Å². The Kier molecular flexibility index (Phi) is 5.78. The van der Waals surface area contributed by atoms with E-state index in [1.54, 1.807) is 6.92 Å². The van der Waals surface area contributed by atoms with Crippen molar-refractivity contribution in [3.8, 4) is 0 Å². The number of anilines is 1. The van der Waals surface area contributed by atoms with E-state index in [0.717, 1.165) is 10.2 Å². The Morgan fingerprint density at radius 2 is 2.11 bits per heavy atom. The molecule has 106 valence electrons. The molecule has 1 aromatic rings. The minimum absolute atomic E-state index is 0.307. The van der Waals surface area contributed by atoms with Crippen LogP contribution in [0.3, 0.4) is 0 Å². The SMILES string of the molecule is COC(CC(C)(Nc1cccc(Br)c1)C(N)=O)OC. The van der Waals surface area contributed by atoms with E-state index >= 15 is 0 Å². The maximum Gasteiger partial charge on any atom is 0.243 e. The highest BCUT2D eigenvalue weighted by molar-refractivity contribution is 9.10. The fourth-order valence-corrected chi connectivity index (χ4v) is 2.09. The summed E-state index contributed by atoms with van der Waals surface area (Å²) in [6, 6.07) is 7.51. The van der Waals surface area contributed by atoms with E-state index < -0.39 is 17.7 Å². The number of hydrogen-bond donors (Lipinski definition) is 2. The molecule has 0 fully saturated rings. The maximum atomic E-state index is 11.7. The summed E-state index contributed by atoms with van der Waals surface area (Å²) in [4.78, 5) is 11.7. The molecular weight excluding hydrogens is 312 g/mol. The van der Waals surface area contributed by atoms with Crippen LogP contribution < -0.4 is 11.1 Å². The van der Waals surface area contributed by atoms with Crippen LogP contribution in [0, 0.1) is 0 Å².